The maximum Gasteiger partial charge on any atom is 0.326 e. The first-order valence-electron chi connectivity index (χ1n) is 11.3. The van der Waals surface area contributed by atoms with Crippen molar-refractivity contribution in [3.05, 3.63) is 64.1 Å². The topological polar surface area (TPSA) is 120 Å². The fraction of sp³-hybridized carbons (Fsp3) is 0.320. The molecule has 0 unspecified atom stereocenters. The van der Waals surface area contributed by atoms with Crippen molar-refractivity contribution >= 4 is 45.2 Å². The van der Waals surface area contributed by atoms with E-state index in [1.807, 2.05) is 24.3 Å². The number of ketones is 1. The van der Waals surface area contributed by atoms with Crippen LogP contribution in [0.5, 0.6) is 0 Å². The number of aromatic amines is 1. The molecule has 0 spiro atoms. The lowest BCUT2D eigenvalue weighted by Gasteiger charge is -2.30. The zero-order chi connectivity index (χ0) is 23.7. The number of amides is 1. The fourth-order valence-corrected chi connectivity index (χ4v) is 5.53. The monoisotopic (exact) mass is 473 g/mol. The maximum absolute atomic E-state index is 12.5. The molecule has 2 aliphatic rings. The maximum atomic E-state index is 12.5. The van der Waals surface area contributed by atoms with E-state index in [4.69, 9.17) is 5.26 Å². The van der Waals surface area contributed by atoms with Crippen molar-refractivity contribution in [3.8, 4) is 6.07 Å². The fourth-order valence-electron chi connectivity index (χ4n) is 4.76. The number of aliphatic imine (C=N–C) groups is 1. The molecule has 2 aromatic carbocycles. The largest absolute Gasteiger partial charge is 0.353 e. The van der Waals surface area contributed by atoms with Crippen LogP contribution in [0.3, 0.4) is 0 Å². The number of carbonyl (C=O) groups is 2. The molecule has 1 aliphatic carbocycles. The van der Waals surface area contributed by atoms with Gasteiger partial charge in [-0.1, -0.05) is 12.1 Å². The summed E-state index contributed by atoms with van der Waals surface area (Å²) in [7, 11) is 0. The van der Waals surface area contributed by atoms with E-state index in [-0.39, 0.29) is 41.6 Å². The number of nitrogens with zero attached hydrogens (tertiary/aromatic N) is 3. The molecule has 0 radical (unpaired) electrons. The number of nitrogens with one attached hydrogen (secondary N) is 2. The highest BCUT2D eigenvalue weighted by Crippen LogP contribution is 2.31. The lowest BCUT2D eigenvalue weighted by atomic mass is 9.91. The molecule has 1 fully saturated rings. The Morgan fingerprint density at radius 3 is 2.76 bits per heavy atom. The summed E-state index contributed by atoms with van der Waals surface area (Å²) in [5, 5.41) is 12.8. The number of imidazole rings is 1. The van der Waals surface area contributed by atoms with E-state index in [1.165, 1.54) is 11.8 Å². The minimum Gasteiger partial charge on any atom is -0.353 e. The number of aromatic nitrogens is 2. The van der Waals surface area contributed by atoms with Crippen LogP contribution in [0.2, 0.25) is 0 Å². The van der Waals surface area contributed by atoms with Gasteiger partial charge in [-0.15, -0.1) is 11.8 Å². The molecule has 1 saturated carbocycles. The van der Waals surface area contributed by atoms with Gasteiger partial charge in [-0.2, -0.15) is 5.26 Å². The minimum atomic E-state index is -0.168. The summed E-state index contributed by atoms with van der Waals surface area (Å²) < 4.78 is 1.78. The van der Waals surface area contributed by atoms with Crippen LogP contribution in [0.15, 0.2) is 52.3 Å². The molecule has 0 atom stereocenters. The molecule has 2 heterocycles. The molecule has 2 N–H and O–H groups in total. The van der Waals surface area contributed by atoms with Gasteiger partial charge >= 0.3 is 5.69 Å². The summed E-state index contributed by atoms with van der Waals surface area (Å²) in [4.78, 5) is 44.7. The van der Waals surface area contributed by atoms with E-state index in [2.05, 4.69) is 21.4 Å². The first-order chi connectivity index (χ1) is 16.5. The zero-order valence-electron chi connectivity index (χ0n) is 18.4. The summed E-state index contributed by atoms with van der Waals surface area (Å²) in [6.45, 7) is 0. The zero-order valence-corrected chi connectivity index (χ0v) is 19.2. The number of H-pyrrole nitrogens is 1. The predicted octanol–water partition coefficient (Wildman–Crippen LogP) is 3.85. The van der Waals surface area contributed by atoms with Crippen molar-refractivity contribution < 1.29 is 9.59 Å². The number of hydrogen-bond donors (Lipinski definition) is 2. The van der Waals surface area contributed by atoms with E-state index in [1.54, 1.807) is 22.8 Å². The van der Waals surface area contributed by atoms with Gasteiger partial charge in [0.05, 0.1) is 45.6 Å². The quantitative estimate of drug-likeness (QED) is 0.596. The lowest BCUT2D eigenvalue weighted by molar-refractivity contribution is -0.119. The molecule has 1 aliphatic heterocycles. The smallest absolute Gasteiger partial charge is 0.326 e. The molecular weight excluding hydrogens is 450 g/mol. The minimum absolute atomic E-state index is 0.0307. The summed E-state index contributed by atoms with van der Waals surface area (Å²) in [5.74, 6) is 0.177. The molecular formula is C25H23N5O3S. The first kappa shape index (κ1) is 22.2. The van der Waals surface area contributed by atoms with Crippen LogP contribution < -0.4 is 11.0 Å². The van der Waals surface area contributed by atoms with Gasteiger partial charge in [-0.05, 0) is 56.0 Å². The van der Waals surface area contributed by atoms with Crippen LogP contribution in [0, 0.1) is 11.3 Å². The van der Waals surface area contributed by atoms with E-state index < -0.39 is 0 Å². The summed E-state index contributed by atoms with van der Waals surface area (Å²) in [5.41, 5.74) is 3.11. The van der Waals surface area contributed by atoms with E-state index in [9.17, 15) is 14.4 Å². The molecule has 8 nitrogen and oxygen atoms in total. The third kappa shape index (κ3) is 4.41. The van der Waals surface area contributed by atoms with Crippen LogP contribution >= 0.6 is 11.8 Å². The average molecular weight is 474 g/mol. The molecule has 3 aromatic rings. The summed E-state index contributed by atoms with van der Waals surface area (Å²) >= 11 is 1.31. The number of thioether (sulfide) groups is 1. The second kappa shape index (κ2) is 9.31. The molecule has 0 saturated heterocycles. The van der Waals surface area contributed by atoms with Crippen molar-refractivity contribution in [1.29, 1.82) is 5.26 Å². The molecule has 0 bridgehead atoms. The SMILES string of the molecule is N#Cc1ccc2c(c1)[nH]c(=O)n2C1CCC(NC(=O)CSC2=Nc3ccccc3C(=O)C2)CC1. The standard InChI is InChI=1S/C25H23N5O3S/c26-13-15-5-10-21-20(11-15)29-25(33)30(21)17-8-6-16(7-9-17)27-23(32)14-34-24-12-22(31)18-3-1-2-4-19(18)28-24/h1-5,10-11,16-17H,6-9,12,14H2,(H,27,32)(H,29,33). The molecule has 9 heteroatoms. The van der Waals surface area contributed by atoms with Crippen molar-refractivity contribution in [2.24, 2.45) is 4.99 Å². The molecule has 34 heavy (non-hydrogen) atoms. The normalized spacial score (nSPS) is 19.9. The lowest BCUT2D eigenvalue weighted by Crippen LogP contribution is -2.39. The van der Waals surface area contributed by atoms with Gasteiger partial charge in [-0.3, -0.25) is 14.2 Å². The van der Waals surface area contributed by atoms with E-state index in [0.29, 0.717) is 27.4 Å². The van der Waals surface area contributed by atoms with Crippen molar-refractivity contribution in [2.75, 3.05) is 5.75 Å². The van der Waals surface area contributed by atoms with Crippen LogP contribution in [-0.2, 0) is 4.79 Å². The molecule has 5 rings (SSSR count). The number of para-hydroxylation sites is 1. The van der Waals surface area contributed by atoms with Crippen LogP contribution in [-0.4, -0.2) is 38.1 Å². The number of Topliss-reactive ketones (excluding diaryl/α,β-unsaturated/α-hetero) is 1. The van der Waals surface area contributed by atoms with Crippen molar-refractivity contribution in [2.45, 2.75) is 44.2 Å². The second-order valence-electron chi connectivity index (χ2n) is 8.63. The highest BCUT2D eigenvalue weighted by atomic mass is 32.2. The number of hydrogen-bond acceptors (Lipinski definition) is 6. The predicted molar refractivity (Wildman–Crippen MR) is 132 cm³/mol. The van der Waals surface area contributed by atoms with Crippen molar-refractivity contribution in [3.63, 3.8) is 0 Å². The highest BCUT2D eigenvalue weighted by Gasteiger charge is 2.26. The Morgan fingerprint density at radius 1 is 1.18 bits per heavy atom. The average Bonchev–Trinajstić information content (AvgIpc) is 3.18. The number of fused-ring (bicyclic) bond motifs is 2. The van der Waals surface area contributed by atoms with Gasteiger partial charge in [0.1, 0.15) is 0 Å². The number of rotatable bonds is 4. The van der Waals surface area contributed by atoms with Gasteiger partial charge in [0.15, 0.2) is 5.78 Å². The van der Waals surface area contributed by atoms with Crippen LogP contribution in [0.4, 0.5) is 5.69 Å². The van der Waals surface area contributed by atoms with Crippen molar-refractivity contribution in [1.82, 2.24) is 14.9 Å². The summed E-state index contributed by atoms with van der Waals surface area (Å²) in [6, 6.07) is 14.7. The molecule has 1 aromatic heterocycles. The summed E-state index contributed by atoms with van der Waals surface area (Å²) in [6.07, 6.45) is 3.35. The van der Waals surface area contributed by atoms with Crippen LogP contribution in [0.1, 0.15) is 54.1 Å². The highest BCUT2D eigenvalue weighted by molar-refractivity contribution is 8.14. The number of carbonyl (C=O) groups excluding carboxylic acids is 2. The van der Waals surface area contributed by atoms with Gasteiger partial charge in [0, 0.05) is 17.6 Å². The van der Waals surface area contributed by atoms with Crippen LogP contribution in [0.25, 0.3) is 11.0 Å². The Balaban J connectivity index is 1.16. The first-order valence-corrected chi connectivity index (χ1v) is 12.3. The second-order valence-corrected chi connectivity index (χ2v) is 9.68. The molecule has 1 amide bonds. The van der Waals surface area contributed by atoms with Gasteiger partial charge in [0.25, 0.3) is 0 Å². The Hall–Kier alpha value is -3.64. The van der Waals surface area contributed by atoms with E-state index >= 15 is 0 Å². The third-order valence-corrected chi connectivity index (χ3v) is 7.38. The number of benzene rings is 2. The van der Waals surface area contributed by atoms with Gasteiger partial charge in [-0.25, -0.2) is 9.79 Å². The Kier molecular flexibility index (Phi) is 6.07. The third-order valence-electron chi connectivity index (χ3n) is 6.40. The molecule has 172 valence electrons. The Morgan fingerprint density at radius 2 is 1.97 bits per heavy atom. The van der Waals surface area contributed by atoms with Gasteiger partial charge in [0.2, 0.25) is 5.91 Å². The van der Waals surface area contributed by atoms with E-state index in [0.717, 1.165) is 31.2 Å². The number of nitriles is 1. The Bertz CT molecular complexity index is 1410. The van der Waals surface area contributed by atoms with Gasteiger partial charge < -0.3 is 10.3 Å². The Labute approximate surface area is 200 Å².